The van der Waals surface area contributed by atoms with Gasteiger partial charge in [-0.1, -0.05) is 0 Å². The summed E-state index contributed by atoms with van der Waals surface area (Å²) in [5, 5.41) is 13.3. The monoisotopic (exact) mass is 432 g/mol. The van der Waals surface area contributed by atoms with Crippen LogP contribution in [0.2, 0.25) is 0 Å². The first-order valence-electron chi connectivity index (χ1n) is 10.2. The lowest BCUT2D eigenvalue weighted by Gasteiger charge is -2.09. The molecule has 0 bridgehead atoms. The summed E-state index contributed by atoms with van der Waals surface area (Å²) in [5.74, 6) is -1.18. The van der Waals surface area contributed by atoms with Gasteiger partial charge in [0.2, 0.25) is 0 Å². The zero-order chi connectivity index (χ0) is 23.8. The molecule has 0 spiro atoms. The van der Waals surface area contributed by atoms with E-state index in [1.54, 1.807) is 6.34 Å². The van der Waals surface area contributed by atoms with Crippen molar-refractivity contribution in [2.24, 2.45) is 9.98 Å². The molecular formula is C20H44N6O4. The molecule has 3 N–H and O–H groups in total. The highest BCUT2D eigenvalue weighted by Crippen LogP contribution is 1.87. The summed E-state index contributed by atoms with van der Waals surface area (Å²) in [4.78, 5) is 32.3. The average molecular weight is 433 g/mol. The number of aliphatic carboxylic acids is 1. The van der Waals surface area contributed by atoms with Crippen LogP contribution >= 0.6 is 0 Å². The number of rotatable bonds is 11. The Kier molecular flexibility index (Phi) is 26.9. The van der Waals surface area contributed by atoms with E-state index >= 15 is 0 Å². The van der Waals surface area contributed by atoms with Gasteiger partial charge in [0.15, 0.2) is 0 Å². The number of aliphatic imine (C=N–C) groups is 2. The second-order valence-electron chi connectivity index (χ2n) is 6.74. The topological polar surface area (TPSA) is 119 Å². The Hall–Kier alpha value is -2.20. The minimum atomic E-state index is -0.833. The van der Waals surface area contributed by atoms with Crippen LogP contribution in [-0.2, 0) is 14.3 Å². The molecule has 0 unspecified atom stereocenters. The number of esters is 1. The molecular weight excluding hydrogens is 388 g/mol. The predicted molar refractivity (Wildman–Crippen MR) is 124 cm³/mol. The molecule has 0 aliphatic heterocycles. The molecule has 0 aromatic carbocycles. The van der Waals surface area contributed by atoms with Crippen LogP contribution < -0.4 is 10.6 Å². The molecule has 0 amide bonds. The summed E-state index contributed by atoms with van der Waals surface area (Å²) in [7, 11) is 8.18. The van der Waals surface area contributed by atoms with Crippen LogP contribution in [0.3, 0.4) is 0 Å². The van der Waals surface area contributed by atoms with Gasteiger partial charge >= 0.3 is 5.97 Å². The molecule has 178 valence electrons. The SMILES string of the molecule is CC(=O)O.CCNC(=NCCCN(C)C)OC(C)=O.CCNC=NCCCN(C)C. The number of ether oxygens (including phenoxy) is 1. The largest absolute Gasteiger partial charge is 0.481 e. The smallest absolute Gasteiger partial charge is 0.310 e. The lowest BCUT2D eigenvalue weighted by atomic mass is 10.4. The first-order valence-corrected chi connectivity index (χ1v) is 10.2. The fraction of sp³-hybridized carbons (Fsp3) is 0.800. The van der Waals surface area contributed by atoms with E-state index in [1.165, 1.54) is 6.92 Å². The summed E-state index contributed by atoms with van der Waals surface area (Å²) < 4.78 is 4.88. The number of hydrogen-bond donors (Lipinski definition) is 3. The van der Waals surface area contributed by atoms with Crippen molar-refractivity contribution >= 4 is 24.3 Å². The van der Waals surface area contributed by atoms with Crippen molar-refractivity contribution in [1.29, 1.82) is 0 Å². The molecule has 10 heteroatoms. The van der Waals surface area contributed by atoms with E-state index in [2.05, 4.69) is 51.4 Å². The van der Waals surface area contributed by atoms with E-state index in [4.69, 9.17) is 14.6 Å². The van der Waals surface area contributed by atoms with Gasteiger partial charge in [-0.05, 0) is 68.0 Å². The van der Waals surface area contributed by atoms with Crippen LogP contribution in [0.1, 0.15) is 40.5 Å². The van der Waals surface area contributed by atoms with Gasteiger partial charge in [0.25, 0.3) is 12.0 Å². The number of nitrogens with zero attached hydrogens (tertiary/aromatic N) is 4. The van der Waals surface area contributed by atoms with Crippen LogP contribution in [0.15, 0.2) is 9.98 Å². The molecule has 0 saturated carbocycles. The van der Waals surface area contributed by atoms with Crippen LogP contribution in [0.25, 0.3) is 0 Å². The highest BCUT2D eigenvalue weighted by atomic mass is 16.6. The number of carboxylic acid groups (broad SMARTS) is 1. The fourth-order valence-electron chi connectivity index (χ4n) is 1.68. The standard InChI is InChI=1S/C10H21N3O2.C8H19N3.C2H4O2/c1-5-11-10(15-9(2)14)12-7-6-8-13(3)4;1-4-9-8-10-6-5-7-11(2)3;1-2(3)4/h5-8H2,1-4H3,(H,11,12);8H,4-7H2,1-3H3,(H,9,10);1H3,(H,3,4). The lowest BCUT2D eigenvalue weighted by molar-refractivity contribution is -0.135. The maximum absolute atomic E-state index is 10.7. The van der Waals surface area contributed by atoms with Crippen molar-refractivity contribution in [2.45, 2.75) is 40.5 Å². The molecule has 30 heavy (non-hydrogen) atoms. The van der Waals surface area contributed by atoms with Crippen molar-refractivity contribution in [3.05, 3.63) is 0 Å². The Morgan fingerprint density at radius 1 is 0.967 bits per heavy atom. The highest BCUT2D eigenvalue weighted by Gasteiger charge is 2.01. The van der Waals surface area contributed by atoms with Gasteiger partial charge in [0.1, 0.15) is 0 Å². The van der Waals surface area contributed by atoms with Gasteiger partial charge in [-0.2, -0.15) is 0 Å². The zero-order valence-corrected chi connectivity index (χ0v) is 20.2. The molecule has 0 aromatic heterocycles. The second-order valence-corrected chi connectivity index (χ2v) is 6.74. The number of amidine groups is 1. The van der Waals surface area contributed by atoms with Gasteiger partial charge in [-0.3, -0.25) is 14.6 Å². The predicted octanol–water partition coefficient (Wildman–Crippen LogP) is 1.13. The van der Waals surface area contributed by atoms with Crippen LogP contribution in [0.4, 0.5) is 0 Å². The quantitative estimate of drug-likeness (QED) is 0.192. The summed E-state index contributed by atoms with van der Waals surface area (Å²) in [6.07, 6.45) is 3.87. The van der Waals surface area contributed by atoms with Crippen LogP contribution in [0.5, 0.6) is 0 Å². The molecule has 0 aromatic rings. The molecule has 0 heterocycles. The molecule has 0 radical (unpaired) electrons. The Morgan fingerprint density at radius 2 is 1.47 bits per heavy atom. The van der Waals surface area contributed by atoms with Crippen molar-refractivity contribution in [1.82, 2.24) is 20.4 Å². The number of carbonyl (C=O) groups is 2. The first-order chi connectivity index (χ1) is 14.1. The minimum absolute atomic E-state index is 0.323. The average Bonchev–Trinajstić information content (AvgIpc) is 2.61. The molecule has 0 atom stereocenters. The van der Waals surface area contributed by atoms with Gasteiger partial charge < -0.3 is 30.3 Å². The van der Waals surface area contributed by atoms with E-state index in [1.807, 2.05) is 21.0 Å². The van der Waals surface area contributed by atoms with Gasteiger partial charge in [-0.25, -0.2) is 4.99 Å². The van der Waals surface area contributed by atoms with E-state index in [0.717, 1.165) is 45.9 Å². The summed E-state index contributed by atoms with van der Waals surface area (Å²) in [6.45, 7) is 11.8. The first kappa shape index (κ1) is 32.5. The molecule has 0 aliphatic carbocycles. The number of carbonyl (C=O) groups excluding carboxylic acids is 1. The third kappa shape index (κ3) is 40.5. The Morgan fingerprint density at radius 3 is 1.87 bits per heavy atom. The number of carboxylic acids is 1. The molecule has 0 fully saturated rings. The molecule has 0 rings (SSSR count). The van der Waals surface area contributed by atoms with Crippen LogP contribution in [-0.4, -0.2) is 107 Å². The summed E-state index contributed by atoms with van der Waals surface area (Å²) >= 11 is 0. The normalized spacial score (nSPS) is 10.8. The van der Waals surface area contributed by atoms with Gasteiger partial charge in [0.05, 0.1) is 6.34 Å². The minimum Gasteiger partial charge on any atom is -0.481 e. The maximum Gasteiger partial charge on any atom is 0.310 e. The third-order valence-corrected chi connectivity index (χ3v) is 2.87. The molecule has 10 nitrogen and oxygen atoms in total. The van der Waals surface area contributed by atoms with Gasteiger partial charge in [-0.15, -0.1) is 0 Å². The Bertz CT molecular complexity index is 464. The fourth-order valence-corrected chi connectivity index (χ4v) is 1.68. The molecule has 0 saturated heterocycles. The lowest BCUT2D eigenvalue weighted by Crippen LogP contribution is -2.28. The number of hydrogen-bond acceptors (Lipinski definition) is 7. The van der Waals surface area contributed by atoms with Crippen LogP contribution in [0, 0.1) is 0 Å². The zero-order valence-electron chi connectivity index (χ0n) is 20.2. The Labute approximate surface area is 182 Å². The van der Waals surface area contributed by atoms with Crippen molar-refractivity contribution in [2.75, 3.05) is 67.5 Å². The van der Waals surface area contributed by atoms with E-state index in [0.29, 0.717) is 19.1 Å². The van der Waals surface area contributed by atoms with E-state index in [9.17, 15) is 4.79 Å². The maximum atomic E-state index is 10.7. The molecule has 0 aliphatic rings. The number of nitrogens with one attached hydrogen (secondary N) is 2. The Balaban J connectivity index is -0.000000425. The highest BCUT2D eigenvalue weighted by molar-refractivity contribution is 5.86. The third-order valence-electron chi connectivity index (χ3n) is 2.87. The second kappa shape index (κ2) is 24.8. The van der Waals surface area contributed by atoms with E-state index < -0.39 is 5.97 Å². The van der Waals surface area contributed by atoms with E-state index in [-0.39, 0.29) is 5.97 Å². The summed E-state index contributed by atoms with van der Waals surface area (Å²) in [5.41, 5.74) is 0. The van der Waals surface area contributed by atoms with Gasteiger partial charge in [0, 0.05) is 40.0 Å². The van der Waals surface area contributed by atoms with Crippen molar-refractivity contribution in [3.8, 4) is 0 Å². The van der Waals surface area contributed by atoms with Crippen molar-refractivity contribution < 1.29 is 19.4 Å². The summed E-state index contributed by atoms with van der Waals surface area (Å²) in [6, 6.07) is 0.323. The van der Waals surface area contributed by atoms with Crippen molar-refractivity contribution in [3.63, 3.8) is 0 Å².